The molecule has 0 radical (unpaired) electrons. The highest BCUT2D eigenvalue weighted by Gasteiger charge is 2.25. The molecule has 0 amide bonds. The predicted molar refractivity (Wildman–Crippen MR) is 234 cm³/mol. The fraction of sp³-hybridized carbons (Fsp3) is 0. The molecule has 0 unspecified atom stereocenters. The van der Waals surface area contributed by atoms with Crippen LogP contribution >= 0.6 is 0 Å². The van der Waals surface area contributed by atoms with Crippen LogP contribution in [0, 0.1) is 19.7 Å². The van der Waals surface area contributed by atoms with Crippen molar-refractivity contribution in [1.29, 1.82) is 0 Å². The van der Waals surface area contributed by atoms with E-state index in [0.29, 0.717) is 22.5 Å². The molecule has 7 nitrogen and oxygen atoms in total. The van der Waals surface area contributed by atoms with E-state index in [1.807, 2.05) is 91.0 Å². The zero-order chi connectivity index (χ0) is 38.6. The third-order valence-corrected chi connectivity index (χ3v) is 11.6. The number of aromatic nitrogens is 2. The van der Waals surface area contributed by atoms with Crippen LogP contribution < -0.4 is 0 Å². The summed E-state index contributed by atoms with van der Waals surface area (Å²) in [6.07, 6.45) is 0. The van der Waals surface area contributed by atoms with Gasteiger partial charge in [-0.2, -0.15) is 0 Å². The second kappa shape index (κ2) is 11.7. The van der Waals surface area contributed by atoms with Crippen LogP contribution in [0.15, 0.2) is 160 Å². The van der Waals surface area contributed by atoms with Crippen molar-refractivity contribution >= 4 is 105 Å². The smallest absolute Gasteiger partial charge is 0.218 e. The van der Waals surface area contributed by atoms with Gasteiger partial charge in [0, 0.05) is 66.6 Å². The normalized spacial score (nSPS) is 11.7. The van der Waals surface area contributed by atoms with Crippen molar-refractivity contribution in [3.63, 3.8) is 0 Å². The molecule has 0 atom stereocenters. The average Bonchev–Trinajstić information content (AvgIpc) is 4.01. The summed E-state index contributed by atoms with van der Waals surface area (Å²) in [6, 6.07) is 50.5. The minimum Gasteiger partial charge on any atom is -0.456 e. The van der Waals surface area contributed by atoms with Gasteiger partial charge in [0.2, 0.25) is 5.69 Å². The lowest BCUT2D eigenvalue weighted by Gasteiger charge is -2.19. The molecule has 8 aromatic carbocycles. The minimum absolute atomic E-state index is 0.220. The van der Waals surface area contributed by atoms with Gasteiger partial charge in [-0.25, -0.2) is 9.69 Å². The SMILES string of the molecule is [C-]#[N+]c1cc(-n2c3ccccc3c3cc4c(cc32)oc2ccccc24)ccc1-c1ccc([N+]#[C-])c([N+]#[C-])c1-n1c2ccccc2c2cc3c(cc21)oc1ccccc13. The summed E-state index contributed by atoms with van der Waals surface area (Å²) >= 11 is 0. The number of nitrogens with zero attached hydrogens (tertiary/aromatic N) is 5. The Labute approximate surface area is 329 Å². The molecule has 0 aliphatic heterocycles. The fourth-order valence-corrected chi connectivity index (χ4v) is 9.09. The Kier molecular flexibility index (Phi) is 6.41. The largest absolute Gasteiger partial charge is 0.456 e. The number of benzene rings is 8. The monoisotopic (exact) mass is 739 g/mol. The molecule has 0 fully saturated rings. The van der Waals surface area contributed by atoms with E-state index in [9.17, 15) is 0 Å². The average molecular weight is 740 g/mol. The Morgan fingerprint density at radius 1 is 0.362 bits per heavy atom. The first kappa shape index (κ1) is 31.7. The molecule has 0 N–H and O–H groups in total. The third kappa shape index (κ3) is 4.23. The third-order valence-electron chi connectivity index (χ3n) is 11.6. The molecule has 58 heavy (non-hydrogen) atoms. The van der Waals surface area contributed by atoms with Crippen molar-refractivity contribution in [2.75, 3.05) is 0 Å². The molecule has 12 aromatic rings. The van der Waals surface area contributed by atoms with Crippen molar-refractivity contribution in [2.24, 2.45) is 0 Å². The van der Waals surface area contributed by atoms with E-state index in [1.165, 1.54) is 0 Å². The van der Waals surface area contributed by atoms with Crippen LogP contribution in [-0.2, 0) is 0 Å². The number of para-hydroxylation sites is 4. The molecule has 4 aromatic heterocycles. The Morgan fingerprint density at radius 3 is 1.47 bits per heavy atom. The number of hydrogen-bond donors (Lipinski definition) is 0. The highest BCUT2D eigenvalue weighted by Crippen LogP contribution is 2.49. The molecule has 7 heteroatoms. The predicted octanol–water partition coefficient (Wildman–Crippen LogP) is 15.0. The topological polar surface area (TPSA) is 49.2 Å². The van der Waals surface area contributed by atoms with E-state index in [0.717, 1.165) is 93.2 Å². The van der Waals surface area contributed by atoms with Gasteiger partial charge >= 0.3 is 0 Å². The van der Waals surface area contributed by atoms with E-state index in [-0.39, 0.29) is 11.4 Å². The zero-order valence-corrected chi connectivity index (χ0v) is 30.5. The van der Waals surface area contributed by atoms with Crippen LogP contribution in [0.5, 0.6) is 0 Å². The van der Waals surface area contributed by atoms with E-state index >= 15 is 0 Å². The summed E-state index contributed by atoms with van der Waals surface area (Å²) in [6.45, 7) is 25.1. The molecule has 0 saturated carbocycles. The van der Waals surface area contributed by atoms with E-state index in [4.69, 9.17) is 28.6 Å². The van der Waals surface area contributed by atoms with Crippen LogP contribution in [0.4, 0.5) is 17.1 Å². The summed E-state index contributed by atoms with van der Waals surface area (Å²) in [5.74, 6) is 0. The van der Waals surface area contributed by atoms with Crippen LogP contribution in [0.25, 0.3) is 125 Å². The van der Waals surface area contributed by atoms with Gasteiger partial charge in [-0.3, -0.25) is 4.85 Å². The Bertz CT molecular complexity index is 3910. The fourth-order valence-electron chi connectivity index (χ4n) is 9.09. The first-order valence-corrected chi connectivity index (χ1v) is 18.8. The molecule has 12 rings (SSSR count). The van der Waals surface area contributed by atoms with Crippen LogP contribution in [-0.4, -0.2) is 9.13 Å². The second-order valence-corrected chi connectivity index (χ2v) is 14.5. The van der Waals surface area contributed by atoms with Crippen LogP contribution in [0.1, 0.15) is 0 Å². The quantitative estimate of drug-likeness (QED) is 0.169. The lowest BCUT2D eigenvalue weighted by atomic mass is 9.98. The maximum absolute atomic E-state index is 8.55. The van der Waals surface area contributed by atoms with Crippen molar-refractivity contribution in [3.05, 3.63) is 186 Å². The molecule has 0 saturated heterocycles. The molecular weight excluding hydrogens is 715 g/mol. The summed E-state index contributed by atoms with van der Waals surface area (Å²) in [7, 11) is 0. The lowest BCUT2D eigenvalue weighted by molar-refractivity contribution is 0.669. The lowest BCUT2D eigenvalue weighted by Crippen LogP contribution is -1.99. The summed E-state index contributed by atoms with van der Waals surface area (Å²) < 4.78 is 17.0. The standard InChI is InChI=1S/C51H25N5O2/c1-52-40-23-22-35(51(50(40)54-3)56-43-17-9-5-13-32(43)37-26-39-34-15-7-11-19-47(34)58-49(39)28-45(37)56)30-21-20-29(24-41(30)53-2)55-42-16-8-4-12-31(42)36-25-38-33-14-6-10-18-46(33)57-48(38)27-44(36)55/h4-28H. The first-order valence-electron chi connectivity index (χ1n) is 18.8. The van der Waals surface area contributed by atoms with Crippen molar-refractivity contribution in [3.8, 4) is 22.5 Å². The van der Waals surface area contributed by atoms with Gasteiger partial charge in [-0.1, -0.05) is 91.0 Å². The van der Waals surface area contributed by atoms with E-state index < -0.39 is 0 Å². The van der Waals surface area contributed by atoms with Crippen molar-refractivity contribution in [1.82, 2.24) is 9.13 Å². The Balaban J connectivity index is 1.13. The number of hydrogen-bond acceptors (Lipinski definition) is 2. The summed E-state index contributed by atoms with van der Waals surface area (Å²) in [4.78, 5) is 11.9. The van der Waals surface area contributed by atoms with Gasteiger partial charge in [-0.05, 0) is 59.7 Å². The van der Waals surface area contributed by atoms with Gasteiger partial charge in [0.15, 0.2) is 11.4 Å². The van der Waals surface area contributed by atoms with Crippen molar-refractivity contribution < 1.29 is 8.83 Å². The summed E-state index contributed by atoms with van der Waals surface area (Å²) in [5, 5.41) is 8.35. The molecule has 0 aliphatic carbocycles. The molecule has 0 spiro atoms. The number of rotatable bonds is 3. The maximum Gasteiger partial charge on any atom is 0.218 e. The van der Waals surface area contributed by atoms with Crippen LogP contribution in [0.2, 0.25) is 0 Å². The molecule has 0 bridgehead atoms. The Morgan fingerprint density at radius 2 is 0.879 bits per heavy atom. The van der Waals surface area contributed by atoms with Crippen molar-refractivity contribution in [2.45, 2.75) is 0 Å². The molecular formula is C51H25N5O2. The van der Waals surface area contributed by atoms with Crippen LogP contribution in [0.3, 0.4) is 0 Å². The highest BCUT2D eigenvalue weighted by atomic mass is 16.3. The van der Waals surface area contributed by atoms with Gasteiger partial charge in [0.05, 0.1) is 41.8 Å². The van der Waals surface area contributed by atoms with Gasteiger partial charge in [-0.15, -0.1) is 0 Å². The zero-order valence-electron chi connectivity index (χ0n) is 30.5. The second-order valence-electron chi connectivity index (χ2n) is 14.5. The number of furan rings is 2. The molecule has 0 aliphatic rings. The first-order chi connectivity index (χ1) is 28.6. The molecule has 4 heterocycles. The molecule has 266 valence electrons. The maximum atomic E-state index is 8.55. The van der Waals surface area contributed by atoms with E-state index in [2.05, 4.69) is 78.3 Å². The highest BCUT2D eigenvalue weighted by molar-refractivity contribution is 6.19. The summed E-state index contributed by atoms with van der Waals surface area (Å²) in [5.41, 5.74) is 10.4. The van der Waals surface area contributed by atoms with E-state index in [1.54, 1.807) is 6.07 Å². The van der Waals surface area contributed by atoms with Gasteiger partial charge < -0.3 is 18.0 Å². The number of fused-ring (bicyclic) bond motifs is 12. The van der Waals surface area contributed by atoms with Gasteiger partial charge in [0.1, 0.15) is 22.3 Å². The minimum atomic E-state index is 0.220. The van der Waals surface area contributed by atoms with Gasteiger partial charge in [0.25, 0.3) is 0 Å². The Hall–Kier alpha value is -8.57.